The van der Waals surface area contributed by atoms with Gasteiger partial charge < -0.3 is 35.2 Å². The highest BCUT2D eigenvalue weighted by Gasteiger charge is 2.36. The molecule has 1 aromatic heterocycles. The first-order valence-electron chi connectivity index (χ1n) is 25.0. The van der Waals surface area contributed by atoms with Crippen LogP contribution < -0.4 is 40.2 Å². The molecule has 0 spiro atoms. The SMILES string of the molecule is COc1ccc2c(c1)c(CC(=O)NCCCCNC(=O)c1ccc(C3=c4cc5c6c(c4Oc4c3cc3c7c4CCCN7CCC3)CCC[N+]=6CCC5)c(C(O)O)c1)c(C)n2C(=O)c1ccc(CI)cc1. The lowest BCUT2D eigenvalue weighted by Crippen LogP contribution is -2.45. The number of anilines is 1. The van der Waals surface area contributed by atoms with Gasteiger partial charge in [0.25, 0.3) is 11.8 Å². The van der Waals surface area contributed by atoms with E-state index in [4.69, 9.17) is 9.47 Å². The summed E-state index contributed by atoms with van der Waals surface area (Å²) in [7, 11) is 1.59. The first-order chi connectivity index (χ1) is 34.1. The molecule has 0 radical (unpaired) electrons. The van der Waals surface area contributed by atoms with Crippen LogP contribution in [0.5, 0.6) is 17.2 Å². The number of halogens is 1. The van der Waals surface area contributed by atoms with E-state index >= 15 is 0 Å². The number of aliphatic hydroxyl groups excluding tert-OH is 1. The topological polar surface area (TPSA) is 145 Å². The zero-order chi connectivity index (χ0) is 48.2. The molecule has 2 amide bonds. The highest BCUT2D eigenvalue weighted by Crippen LogP contribution is 2.49. The molecule has 0 unspecified atom stereocenters. The highest BCUT2D eigenvalue weighted by atomic mass is 127. The van der Waals surface area contributed by atoms with Crippen LogP contribution in [0.1, 0.15) is 121 Å². The zero-order valence-corrected chi connectivity index (χ0v) is 42.0. The Morgan fingerprint density at radius 2 is 1.53 bits per heavy atom. The Kier molecular flexibility index (Phi) is 12.8. The molecule has 70 heavy (non-hydrogen) atoms. The summed E-state index contributed by atoms with van der Waals surface area (Å²) in [6.07, 6.45) is 7.61. The molecule has 0 aliphatic carbocycles. The molecule has 5 aliphatic heterocycles. The van der Waals surface area contributed by atoms with Crippen molar-refractivity contribution in [2.24, 2.45) is 0 Å². The molecule has 13 heteroatoms. The summed E-state index contributed by atoms with van der Waals surface area (Å²) in [4.78, 5) is 43.6. The van der Waals surface area contributed by atoms with Gasteiger partial charge in [0.15, 0.2) is 6.29 Å². The summed E-state index contributed by atoms with van der Waals surface area (Å²) >= 11 is 2.30. The molecule has 5 aromatic carbocycles. The number of rotatable bonds is 13. The van der Waals surface area contributed by atoms with Crippen LogP contribution in [0.15, 0.2) is 72.8 Å². The number of aliphatic hydroxyl groups is 2. The van der Waals surface area contributed by atoms with Crippen molar-refractivity contribution in [2.75, 3.05) is 51.3 Å². The fraction of sp³-hybridized carbons (Fsp3) is 0.368. The summed E-state index contributed by atoms with van der Waals surface area (Å²) < 4.78 is 17.8. The van der Waals surface area contributed by atoms with Gasteiger partial charge in [-0.25, -0.2) is 4.58 Å². The quantitative estimate of drug-likeness (QED) is 0.0322. The van der Waals surface area contributed by atoms with E-state index in [1.54, 1.807) is 23.8 Å². The molecule has 0 saturated carbocycles. The summed E-state index contributed by atoms with van der Waals surface area (Å²) in [5.74, 6) is 1.77. The number of alkyl halides is 1. The van der Waals surface area contributed by atoms with Crippen molar-refractivity contribution in [1.82, 2.24) is 19.8 Å². The number of carbonyl (C=O) groups excluding carboxylic acids is 3. The first kappa shape index (κ1) is 46.4. The van der Waals surface area contributed by atoms with E-state index in [0.29, 0.717) is 59.6 Å². The third-order valence-electron chi connectivity index (χ3n) is 15.2. The molecule has 5 aliphatic rings. The molecule has 6 heterocycles. The second kappa shape index (κ2) is 19.3. The molecule has 11 rings (SSSR count). The fourth-order valence-corrected chi connectivity index (χ4v) is 12.4. The number of hydrogen-bond acceptors (Lipinski definition) is 8. The molecule has 6 aromatic rings. The van der Waals surface area contributed by atoms with E-state index in [1.165, 1.54) is 33.3 Å². The number of methoxy groups -OCH3 is 1. The van der Waals surface area contributed by atoms with Crippen molar-refractivity contribution in [1.29, 1.82) is 0 Å². The third-order valence-corrected chi connectivity index (χ3v) is 16.1. The van der Waals surface area contributed by atoms with E-state index in [-0.39, 0.29) is 29.7 Å². The molecular formula is C57H59IN5O7+. The largest absolute Gasteiger partial charge is 0.497 e. The zero-order valence-electron chi connectivity index (χ0n) is 39.9. The number of amides is 2. The fourth-order valence-electron chi connectivity index (χ4n) is 11.9. The van der Waals surface area contributed by atoms with E-state index in [0.717, 1.165) is 126 Å². The average Bonchev–Trinajstić information content (AvgIpc) is 3.65. The predicted octanol–water partition coefficient (Wildman–Crippen LogP) is 6.87. The van der Waals surface area contributed by atoms with E-state index < -0.39 is 6.29 Å². The maximum absolute atomic E-state index is 13.9. The predicted molar refractivity (Wildman–Crippen MR) is 279 cm³/mol. The summed E-state index contributed by atoms with van der Waals surface area (Å²) in [5.41, 5.74) is 13.6. The van der Waals surface area contributed by atoms with Gasteiger partial charge in [-0.05, 0) is 135 Å². The van der Waals surface area contributed by atoms with Crippen LogP contribution in [0.3, 0.4) is 0 Å². The maximum atomic E-state index is 13.9. The van der Waals surface area contributed by atoms with Crippen molar-refractivity contribution >= 4 is 62.5 Å². The number of unbranched alkanes of at least 4 members (excludes halogenated alkanes) is 1. The van der Waals surface area contributed by atoms with Gasteiger partial charge >= 0.3 is 0 Å². The Morgan fingerprint density at radius 3 is 2.30 bits per heavy atom. The standard InChI is InChI=1S/C57H58IN5O7/c1-33-43(44-30-39(69-2)18-20-48(44)63(33)56(66)35-15-13-34(32-58)14-16-35)31-49(64)59-21-3-4-22-60-55(65)38-17-19-40(45(29-38)57(67)68)50-46-27-36-9-5-23-61-25-7-11-41(51(36)61)53(46)70-54-42-12-8-26-62-24-6-10-37(52(42)62)28-47(50)54/h13-20,27-30,57,67-68H,3-12,21-26,31-32H2,1-2H3,(H-,59,60,64,65)/p+1. The van der Waals surface area contributed by atoms with Gasteiger partial charge in [0, 0.05) is 104 Å². The number of aryl methyl sites for hydroxylation is 2. The Morgan fingerprint density at radius 1 is 0.800 bits per heavy atom. The van der Waals surface area contributed by atoms with Gasteiger partial charge in [-0.1, -0.05) is 40.8 Å². The van der Waals surface area contributed by atoms with Crippen molar-refractivity contribution in [3.63, 3.8) is 0 Å². The van der Waals surface area contributed by atoms with Crippen LogP contribution in [-0.2, 0) is 41.3 Å². The Hall–Kier alpha value is -6.03. The molecule has 360 valence electrons. The van der Waals surface area contributed by atoms with Crippen LogP contribution in [0.25, 0.3) is 16.5 Å². The minimum absolute atomic E-state index is 0.0859. The van der Waals surface area contributed by atoms with Crippen molar-refractivity contribution in [3.05, 3.63) is 150 Å². The molecule has 12 nitrogen and oxygen atoms in total. The van der Waals surface area contributed by atoms with Gasteiger partial charge in [0.1, 0.15) is 30.3 Å². The monoisotopic (exact) mass is 1050 g/mol. The maximum Gasteiger partial charge on any atom is 0.262 e. The van der Waals surface area contributed by atoms with Crippen LogP contribution >= 0.6 is 22.6 Å². The van der Waals surface area contributed by atoms with Crippen LogP contribution in [-0.4, -0.2) is 78.9 Å². The molecule has 0 atom stereocenters. The van der Waals surface area contributed by atoms with Crippen LogP contribution in [0.4, 0.5) is 5.69 Å². The van der Waals surface area contributed by atoms with Gasteiger partial charge in [-0.2, -0.15) is 0 Å². The van der Waals surface area contributed by atoms with Crippen LogP contribution in [0.2, 0.25) is 0 Å². The lowest BCUT2D eigenvalue weighted by molar-refractivity contribution is -0.120. The number of nitrogens with zero attached hydrogens (tertiary/aromatic N) is 3. The molecule has 0 saturated heterocycles. The molecule has 4 N–H and O–H groups in total. The lowest BCUT2D eigenvalue weighted by atomic mass is 9.81. The molecule has 0 fully saturated rings. The van der Waals surface area contributed by atoms with Crippen molar-refractivity contribution < 1.29 is 34.1 Å². The average molecular weight is 1050 g/mol. The Bertz CT molecular complexity index is 3260. The lowest BCUT2D eigenvalue weighted by Gasteiger charge is -2.39. The van der Waals surface area contributed by atoms with Crippen LogP contribution in [0, 0.1) is 6.92 Å². The van der Waals surface area contributed by atoms with E-state index in [2.05, 4.69) is 54.8 Å². The number of aromatic nitrogens is 1. The second-order valence-electron chi connectivity index (χ2n) is 19.4. The number of ether oxygens (including phenoxy) is 2. The number of nitrogens with one attached hydrogen (secondary N) is 2. The Labute approximate surface area is 421 Å². The highest BCUT2D eigenvalue weighted by molar-refractivity contribution is 14.1. The third kappa shape index (κ3) is 8.26. The normalized spacial score (nSPS) is 15.5. The first-order valence-corrected chi connectivity index (χ1v) is 26.5. The smallest absolute Gasteiger partial charge is 0.262 e. The van der Waals surface area contributed by atoms with Gasteiger partial charge in [0.05, 0.1) is 24.6 Å². The van der Waals surface area contributed by atoms with E-state index in [9.17, 15) is 24.6 Å². The number of fused-ring (bicyclic) bond motifs is 5. The van der Waals surface area contributed by atoms with Crippen molar-refractivity contribution in [3.8, 4) is 17.2 Å². The minimum Gasteiger partial charge on any atom is -0.497 e. The minimum atomic E-state index is -1.83. The molecular weight excluding hydrogens is 994 g/mol. The van der Waals surface area contributed by atoms with Crippen molar-refractivity contribution in [2.45, 2.75) is 88.3 Å². The molecule has 0 bridgehead atoms. The second-order valence-corrected chi connectivity index (χ2v) is 20.2. The van der Waals surface area contributed by atoms with Gasteiger partial charge in [-0.3, -0.25) is 19.0 Å². The number of carbonyl (C=O) groups is 3. The summed E-state index contributed by atoms with van der Waals surface area (Å²) in [5, 5.41) is 31.4. The van der Waals surface area contributed by atoms with E-state index in [1.807, 2.05) is 55.5 Å². The number of benzene rings is 5. The number of hydrogen-bond donors (Lipinski definition) is 4. The summed E-state index contributed by atoms with van der Waals surface area (Å²) in [6, 6.07) is 23.1. The van der Waals surface area contributed by atoms with Gasteiger partial charge in [-0.15, -0.1) is 0 Å². The van der Waals surface area contributed by atoms with Gasteiger partial charge in [0.2, 0.25) is 11.3 Å². The summed E-state index contributed by atoms with van der Waals surface area (Å²) in [6.45, 7) is 6.83. The Balaban J connectivity index is 0.806.